The zero-order chi connectivity index (χ0) is 28.3. The Morgan fingerprint density at radius 1 is 0.902 bits per heavy atom. The topological polar surface area (TPSA) is 83.5 Å². The highest BCUT2D eigenvalue weighted by Gasteiger charge is 2.15. The maximum Gasteiger partial charge on any atom is 0.291 e. The van der Waals surface area contributed by atoms with Crippen LogP contribution < -0.4 is 19.6 Å². The van der Waals surface area contributed by atoms with Crippen molar-refractivity contribution in [2.45, 2.75) is 33.3 Å². The summed E-state index contributed by atoms with van der Waals surface area (Å²) in [5, 5.41) is 9.40. The molecule has 0 N–H and O–H groups in total. The van der Waals surface area contributed by atoms with Gasteiger partial charge in [-0.25, -0.2) is 4.68 Å². The molecular formula is C32H29N5O3S. The number of aromatic nitrogens is 5. The molecule has 206 valence electrons. The number of thiazole rings is 1. The number of ether oxygens (including phenoxy) is 2. The van der Waals surface area contributed by atoms with E-state index in [4.69, 9.17) is 14.6 Å². The van der Waals surface area contributed by atoms with Gasteiger partial charge in [0, 0.05) is 22.9 Å². The molecule has 6 aromatic rings. The summed E-state index contributed by atoms with van der Waals surface area (Å²) in [6, 6.07) is 25.3. The molecule has 0 amide bonds. The molecule has 0 saturated carbocycles. The lowest BCUT2D eigenvalue weighted by atomic mass is 10.1. The fourth-order valence-corrected chi connectivity index (χ4v) is 5.31. The Bertz CT molecular complexity index is 1890. The Morgan fingerprint density at radius 3 is 2.29 bits per heavy atom. The minimum Gasteiger partial charge on any atom is -0.494 e. The summed E-state index contributed by atoms with van der Waals surface area (Å²) in [5.41, 5.74) is 4.03. The highest BCUT2D eigenvalue weighted by Crippen LogP contribution is 2.27. The lowest BCUT2D eigenvalue weighted by molar-refractivity contribution is 0.242. The molecule has 0 spiro atoms. The zero-order valence-corrected chi connectivity index (χ0v) is 23.8. The molecule has 0 atom stereocenters. The van der Waals surface area contributed by atoms with E-state index in [0.29, 0.717) is 21.9 Å². The van der Waals surface area contributed by atoms with E-state index in [1.54, 1.807) is 0 Å². The van der Waals surface area contributed by atoms with Crippen molar-refractivity contribution in [2.75, 3.05) is 6.61 Å². The van der Waals surface area contributed by atoms with Crippen LogP contribution in [0.3, 0.4) is 0 Å². The fraction of sp³-hybridized carbons (Fsp3) is 0.188. The lowest BCUT2D eigenvalue weighted by Crippen LogP contribution is -2.23. The first-order valence-electron chi connectivity index (χ1n) is 13.5. The Balaban J connectivity index is 1.38. The SMILES string of the molecule is CCCOc1ccc(-c2nc3sc(=Cc4cn(-c5ccccc5)nc4-c4ccc(OC(C)C)cc4)c(=O)n3n2)cc1. The van der Waals surface area contributed by atoms with E-state index in [1.165, 1.54) is 15.9 Å². The van der Waals surface area contributed by atoms with Crippen molar-refractivity contribution in [1.82, 2.24) is 24.4 Å². The van der Waals surface area contributed by atoms with Crippen molar-refractivity contribution in [2.24, 2.45) is 0 Å². The third kappa shape index (κ3) is 5.62. The second-order valence-electron chi connectivity index (χ2n) is 9.82. The number of hydrogen-bond acceptors (Lipinski definition) is 7. The van der Waals surface area contributed by atoms with Gasteiger partial charge in [0.15, 0.2) is 5.82 Å². The monoisotopic (exact) mass is 563 g/mol. The summed E-state index contributed by atoms with van der Waals surface area (Å²) in [5.74, 6) is 2.10. The molecule has 0 bridgehead atoms. The van der Waals surface area contributed by atoms with Crippen molar-refractivity contribution >= 4 is 22.4 Å². The van der Waals surface area contributed by atoms with Crippen LogP contribution in [0.1, 0.15) is 32.8 Å². The number of benzene rings is 3. The van der Waals surface area contributed by atoms with Crippen molar-refractivity contribution in [3.8, 4) is 39.8 Å². The third-order valence-corrected chi connectivity index (χ3v) is 7.28. The third-order valence-electron chi connectivity index (χ3n) is 6.32. The van der Waals surface area contributed by atoms with Gasteiger partial charge in [0.2, 0.25) is 4.96 Å². The van der Waals surface area contributed by atoms with Crippen LogP contribution >= 0.6 is 11.3 Å². The largest absolute Gasteiger partial charge is 0.494 e. The van der Waals surface area contributed by atoms with E-state index < -0.39 is 0 Å². The Kier molecular flexibility index (Phi) is 7.35. The van der Waals surface area contributed by atoms with Gasteiger partial charge in [-0.15, -0.1) is 5.10 Å². The van der Waals surface area contributed by atoms with E-state index in [2.05, 4.69) is 17.0 Å². The summed E-state index contributed by atoms with van der Waals surface area (Å²) < 4.78 is 15.2. The molecular weight excluding hydrogens is 534 g/mol. The number of nitrogens with zero attached hydrogens (tertiary/aromatic N) is 5. The maximum absolute atomic E-state index is 13.4. The number of hydrogen-bond donors (Lipinski definition) is 0. The van der Waals surface area contributed by atoms with Crippen LogP contribution in [0, 0.1) is 0 Å². The van der Waals surface area contributed by atoms with Crippen LogP contribution in [0.25, 0.3) is 39.4 Å². The second-order valence-corrected chi connectivity index (χ2v) is 10.8. The molecule has 0 aliphatic carbocycles. The van der Waals surface area contributed by atoms with Crippen LogP contribution in [-0.4, -0.2) is 37.1 Å². The van der Waals surface area contributed by atoms with Gasteiger partial charge >= 0.3 is 0 Å². The standard InChI is InChI=1S/C32H29N5O3S/c1-4-18-39-26-14-12-23(13-15-26)30-33-32-37(35-30)31(38)28(41-32)19-24-20-36(25-8-6-5-7-9-25)34-29(24)22-10-16-27(17-11-22)40-21(2)3/h5-17,19-21H,4,18H2,1-3H3. The van der Waals surface area contributed by atoms with E-state index in [0.717, 1.165) is 46.0 Å². The number of para-hydroxylation sites is 1. The van der Waals surface area contributed by atoms with Gasteiger partial charge in [0.05, 0.1) is 22.9 Å². The van der Waals surface area contributed by atoms with Crippen molar-refractivity contribution < 1.29 is 9.47 Å². The van der Waals surface area contributed by atoms with Gasteiger partial charge in [0.25, 0.3) is 5.56 Å². The summed E-state index contributed by atoms with van der Waals surface area (Å²) >= 11 is 1.31. The fourth-order valence-electron chi connectivity index (χ4n) is 4.41. The smallest absolute Gasteiger partial charge is 0.291 e. The summed E-state index contributed by atoms with van der Waals surface area (Å²) in [4.78, 5) is 18.6. The molecule has 3 aromatic heterocycles. The predicted molar refractivity (Wildman–Crippen MR) is 162 cm³/mol. The maximum atomic E-state index is 13.4. The van der Waals surface area contributed by atoms with Gasteiger partial charge in [-0.05, 0) is 87.0 Å². The van der Waals surface area contributed by atoms with Crippen molar-refractivity contribution in [3.05, 3.63) is 106 Å². The van der Waals surface area contributed by atoms with Crippen molar-refractivity contribution in [1.29, 1.82) is 0 Å². The molecule has 0 unspecified atom stereocenters. The second kappa shape index (κ2) is 11.4. The first kappa shape index (κ1) is 26.5. The first-order valence-corrected chi connectivity index (χ1v) is 14.4. The molecule has 41 heavy (non-hydrogen) atoms. The van der Waals surface area contributed by atoms with Crippen LogP contribution in [0.2, 0.25) is 0 Å². The molecule has 0 fully saturated rings. The average Bonchev–Trinajstić information content (AvgIpc) is 3.68. The van der Waals surface area contributed by atoms with E-state index in [1.807, 2.05) is 110 Å². The molecule has 0 radical (unpaired) electrons. The summed E-state index contributed by atoms with van der Waals surface area (Å²) in [6.45, 7) is 6.73. The average molecular weight is 564 g/mol. The highest BCUT2D eigenvalue weighted by molar-refractivity contribution is 7.15. The molecule has 8 nitrogen and oxygen atoms in total. The summed E-state index contributed by atoms with van der Waals surface area (Å²) in [6.07, 6.45) is 4.83. The van der Waals surface area contributed by atoms with Gasteiger partial charge < -0.3 is 9.47 Å². The van der Waals surface area contributed by atoms with Crippen LogP contribution in [-0.2, 0) is 0 Å². The Labute approximate surface area is 241 Å². The number of rotatable bonds is 9. The first-order chi connectivity index (χ1) is 20.0. The molecule has 3 aromatic carbocycles. The van der Waals surface area contributed by atoms with Crippen LogP contribution in [0.15, 0.2) is 89.9 Å². The van der Waals surface area contributed by atoms with Crippen molar-refractivity contribution in [3.63, 3.8) is 0 Å². The molecule has 0 saturated heterocycles. The molecule has 6 rings (SSSR count). The molecule has 0 aliphatic rings. The van der Waals surface area contributed by atoms with Gasteiger partial charge in [-0.2, -0.15) is 14.6 Å². The van der Waals surface area contributed by atoms with Gasteiger partial charge in [0.1, 0.15) is 17.2 Å². The quantitative estimate of drug-likeness (QED) is 0.221. The van der Waals surface area contributed by atoms with Crippen LogP contribution in [0.5, 0.6) is 11.5 Å². The minimum atomic E-state index is -0.217. The van der Waals surface area contributed by atoms with Gasteiger partial charge in [-0.1, -0.05) is 36.5 Å². The Hall–Kier alpha value is -4.76. The summed E-state index contributed by atoms with van der Waals surface area (Å²) in [7, 11) is 0. The molecule has 9 heteroatoms. The van der Waals surface area contributed by atoms with Crippen LogP contribution in [0.4, 0.5) is 0 Å². The lowest BCUT2D eigenvalue weighted by Gasteiger charge is -2.09. The van der Waals surface area contributed by atoms with E-state index >= 15 is 0 Å². The zero-order valence-electron chi connectivity index (χ0n) is 23.0. The van der Waals surface area contributed by atoms with Gasteiger partial charge in [-0.3, -0.25) is 4.79 Å². The van der Waals surface area contributed by atoms with E-state index in [-0.39, 0.29) is 11.7 Å². The van der Waals surface area contributed by atoms with E-state index in [9.17, 15) is 4.79 Å². The molecule has 3 heterocycles. The number of fused-ring (bicyclic) bond motifs is 1. The minimum absolute atomic E-state index is 0.0866. The predicted octanol–water partition coefficient (Wildman–Crippen LogP) is 5.79. The Morgan fingerprint density at radius 2 is 1.61 bits per heavy atom. The highest BCUT2D eigenvalue weighted by atomic mass is 32.1. The molecule has 0 aliphatic heterocycles. The normalized spacial score (nSPS) is 12.0.